The van der Waals surface area contributed by atoms with Crippen LogP contribution in [-0.2, 0) is 9.59 Å². The predicted molar refractivity (Wildman–Crippen MR) is 99.2 cm³/mol. The van der Waals surface area contributed by atoms with Crippen molar-refractivity contribution >= 4 is 29.9 Å². The number of benzene rings is 1. The second-order valence-electron chi connectivity index (χ2n) is 6.51. The first-order valence-corrected chi connectivity index (χ1v) is 8.66. The van der Waals surface area contributed by atoms with Gasteiger partial charge in [-0.05, 0) is 50.9 Å². The third-order valence-electron chi connectivity index (χ3n) is 4.84. The minimum absolute atomic E-state index is 0. The second kappa shape index (κ2) is 9.06. The molecule has 3 rings (SSSR count). The molecule has 138 valence electrons. The lowest BCUT2D eigenvalue weighted by Crippen LogP contribution is -2.44. The van der Waals surface area contributed by atoms with Crippen LogP contribution in [0.1, 0.15) is 25.7 Å². The van der Waals surface area contributed by atoms with Crippen molar-refractivity contribution in [2.24, 2.45) is 5.92 Å². The monoisotopic (exact) mass is 367 g/mol. The zero-order valence-electron chi connectivity index (χ0n) is 14.5. The van der Waals surface area contributed by atoms with E-state index in [4.69, 9.17) is 4.74 Å². The maximum atomic E-state index is 12.5. The first-order chi connectivity index (χ1) is 11.7. The zero-order chi connectivity index (χ0) is 16.9. The van der Waals surface area contributed by atoms with Gasteiger partial charge in [0, 0.05) is 13.1 Å². The number of nitrogens with zero attached hydrogens (tertiary/aromatic N) is 1. The molecular formula is C18H26ClN3O3. The summed E-state index contributed by atoms with van der Waals surface area (Å²) in [5.74, 6) is 1.07. The number of hydrogen-bond donors (Lipinski definition) is 2. The van der Waals surface area contributed by atoms with Gasteiger partial charge in [-0.15, -0.1) is 12.4 Å². The molecule has 6 nitrogen and oxygen atoms in total. The Hall–Kier alpha value is -1.79. The van der Waals surface area contributed by atoms with Crippen LogP contribution in [0.15, 0.2) is 24.3 Å². The van der Waals surface area contributed by atoms with E-state index in [9.17, 15) is 9.59 Å². The van der Waals surface area contributed by atoms with E-state index in [-0.39, 0.29) is 30.6 Å². The van der Waals surface area contributed by atoms with Crippen molar-refractivity contribution in [3.05, 3.63) is 24.3 Å². The van der Waals surface area contributed by atoms with Gasteiger partial charge >= 0.3 is 0 Å². The van der Waals surface area contributed by atoms with Crippen LogP contribution in [0.5, 0.6) is 5.75 Å². The largest absolute Gasteiger partial charge is 0.478 e. The molecule has 1 aromatic carbocycles. The number of carbonyl (C=O) groups is 2. The molecule has 1 unspecified atom stereocenters. The third kappa shape index (κ3) is 4.86. The number of nitrogens with one attached hydrogen (secondary N) is 2. The van der Waals surface area contributed by atoms with Crippen LogP contribution < -0.4 is 15.4 Å². The highest BCUT2D eigenvalue weighted by molar-refractivity contribution is 5.99. The number of halogens is 1. The molecule has 2 N–H and O–H groups in total. The Morgan fingerprint density at radius 1 is 1.32 bits per heavy atom. The van der Waals surface area contributed by atoms with Crippen molar-refractivity contribution < 1.29 is 14.3 Å². The maximum Gasteiger partial charge on any atom is 0.266 e. The first-order valence-electron chi connectivity index (χ1n) is 8.66. The van der Waals surface area contributed by atoms with E-state index >= 15 is 0 Å². The summed E-state index contributed by atoms with van der Waals surface area (Å²) in [6, 6.07) is 7.29. The van der Waals surface area contributed by atoms with Gasteiger partial charge in [-0.3, -0.25) is 9.59 Å². The Balaban J connectivity index is 0.00000225. The molecule has 2 amide bonds. The minimum atomic E-state index is -0.741. The van der Waals surface area contributed by atoms with Gasteiger partial charge < -0.3 is 20.3 Å². The number of ether oxygens (including phenoxy) is 1. The van der Waals surface area contributed by atoms with Crippen molar-refractivity contribution in [1.82, 2.24) is 10.2 Å². The van der Waals surface area contributed by atoms with Crippen LogP contribution in [-0.4, -0.2) is 49.5 Å². The molecule has 1 atom stereocenters. The average Bonchev–Trinajstić information content (AvgIpc) is 2.61. The Labute approximate surface area is 154 Å². The van der Waals surface area contributed by atoms with Gasteiger partial charge in [0.15, 0.2) is 6.10 Å². The van der Waals surface area contributed by atoms with Gasteiger partial charge in [-0.2, -0.15) is 0 Å². The molecule has 1 aromatic rings. The number of piperidine rings is 1. The van der Waals surface area contributed by atoms with E-state index in [0.29, 0.717) is 17.4 Å². The minimum Gasteiger partial charge on any atom is -0.478 e. The Morgan fingerprint density at radius 2 is 2.04 bits per heavy atom. The molecule has 1 fully saturated rings. The lowest BCUT2D eigenvalue weighted by molar-refractivity contribution is -0.138. The predicted octanol–water partition coefficient (Wildman–Crippen LogP) is 2.05. The summed E-state index contributed by atoms with van der Waals surface area (Å²) in [5, 5.41) is 5.98. The third-order valence-corrected chi connectivity index (χ3v) is 4.84. The second-order valence-corrected chi connectivity index (χ2v) is 6.51. The summed E-state index contributed by atoms with van der Waals surface area (Å²) < 4.78 is 5.71. The van der Waals surface area contributed by atoms with Crippen LogP contribution in [0.25, 0.3) is 0 Å². The van der Waals surface area contributed by atoms with Gasteiger partial charge in [0.25, 0.3) is 5.91 Å². The average molecular weight is 368 g/mol. The summed E-state index contributed by atoms with van der Waals surface area (Å²) in [6.45, 7) is 2.57. The highest BCUT2D eigenvalue weighted by Gasteiger charge is 2.32. The summed E-state index contributed by atoms with van der Waals surface area (Å²) in [5.41, 5.74) is 0.663. The number of fused-ring (bicyclic) bond motifs is 1. The van der Waals surface area contributed by atoms with Gasteiger partial charge in [0.1, 0.15) is 5.75 Å². The van der Waals surface area contributed by atoms with Crippen LogP contribution in [0.3, 0.4) is 0 Å². The molecule has 0 radical (unpaired) electrons. The summed E-state index contributed by atoms with van der Waals surface area (Å²) >= 11 is 0. The SMILES string of the molecule is CNCCC1CCN(C(=O)CC2Oc3ccccc3NC2=O)CC1.Cl. The van der Waals surface area contributed by atoms with Crippen LogP contribution in [0.2, 0.25) is 0 Å². The molecule has 2 aliphatic heterocycles. The topological polar surface area (TPSA) is 70.7 Å². The smallest absolute Gasteiger partial charge is 0.266 e. The molecule has 0 aromatic heterocycles. The molecule has 1 saturated heterocycles. The number of rotatable bonds is 5. The lowest BCUT2D eigenvalue weighted by atomic mass is 9.93. The summed E-state index contributed by atoms with van der Waals surface area (Å²) in [6.07, 6.45) is 2.58. The molecule has 2 heterocycles. The number of carbonyl (C=O) groups excluding carboxylic acids is 2. The fraction of sp³-hybridized carbons (Fsp3) is 0.556. The Bertz CT molecular complexity index is 603. The van der Waals surface area contributed by atoms with Crippen molar-refractivity contribution in [2.75, 3.05) is 32.0 Å². The first kappa shape index (κ1) is 19.5. The highest BCUT2D eigenvalue weighted by Crippen LogP contribution is 2.30. The van der Waals surface area contributed by atoms with E-state index in [0.717, 1.165) is 38.9 Å². The fourth-order valence-electron chi connectivity index (χ4n) is 3.33. The van der Waals surface area contributed by atoms with Gasteiger partial charge in [-0.25, -0.2) is 0 Å². The Morgan fingerprint density at radius 3 is 2.76 bits per heavy atom. The number of anilines is 1. The summed E-state index contributed by atoms with van der Waals surface area (Å²) in [7, 11) is 1.96. The normalized spacial score (nSPS) is 20.1. The van der Waals surface area contributed by atoms with Crippen molar-refractivity contribution in [1.29, 1.82) is 0 Å². The van der Waals surface area contributed by atoms with Gasteiger partial charge in [-0.1, -0.05) is 12.1 Å². The quantitative estimate of drug-likeness (QED) is 0.835. The van der Waals surface area contributed by atoms with Gasteiger partial charge in [0.2, 0.25) is 5.91 Å². The molecular weight excluding hydrogens is 342 g/mol. The molecule has 2 aliphatic rings. The molecule has 0 spiro atoms. The van der Waals surface area contributed by atoms with E-state index in [1.165, 1.54) is 0 Å². The van der Waals surface area contributed by atoms with Crippen molar-refractivity contribution in [2.45, 2.75) is 31.8 Å². The van der Waals surface area contributed by atoms with Crippen LogP contribution >= 0.6 is 12.4 Å². The molecule has 0 saturated carbocycles. The lowest BCUT2D eigenvalue weighted by Gasteiger charge is -2.33. The molecule has 0 bridgehead atoms. The number of hydrogen-bond acceptors (Lipinski definition) is 4. The fourth-order valence-corrected chi connectivity index (χ4v) is 3.33. The highest BCUT2D eigenvalue weighted by atomic mass is 35.5. The van der Waals surface area contributed by atoms with E-state index in [1.54, 1.807) is 12.1 Å². The molecule has 25 heavy (non-hydrogen) atoms. The molecule has 0 aliphatic carbocycles. The Kier molecular flexibility index (Phi) is 7.08. The zero-order valence-corrected chi connectivity index (χ0v) is 15.3. The number of para-hydroxylation sites is 2. The summed E-state index contributed by atoms with van der Waals surface area (Å²) in [4.78, 5) is 26.5. The van der Waals surface area contributed by atoms with E-state index in [1.807, 2.05) is 24.1 Å². The molecule has 7 heteroatoms. The van der Waals surface area contributed by atoms with Crippen LogP contribution in [0.4, 0.5) is 5.69 Å². The van der Waals surface area contributed by atoms with E-state index < -0.39 is 6.10 Å². The van der Waals surface area contributed by atoms with Crippen molar-refractivity contribution in [3.63, 3.8) is 0 Å². The van der Waals surface area contributed by atoms with E-state index in [2.05, 4.69) is 10.6 Å². The number of amides is 2. The van der Waals surface area contributed by atoms with Gasteiger partial charge in [0.05, 0.1) is 12.1 Å². The number of likely N-dealkylation sites (tertiary alicyclic amines) is 1. The maximum absolute atomic E-state index is 12.5. The van der Waals surface area contributed by atoms with Crippen LogP contribution in [0, 0.1) is 5.92 Å². The standard InChI is InChI=1S/C18H25N3O3.ClH/c1-19-9-6-13-7-10-21(11-8-13)17(22)12-16-18(23)20-14-4-2-3-5-15(14)24-16;/h2-5,13,16,19H,6-12H2,1H3,(H,20,23);1H. The van der Waals surface area contributed by atoms with Crippen molar-refractivity contribution in [3.8, 4) is 5.75 Å².